The third kappa shape index (κ3) is 9.10. The second kappa shape index (κ2) is 14.1. The van der Waals surface area contributed by atoms with E-state index in [4.69, 9.17) is 18.9 Å². The highest BCUT2D eigenvalue weighted by Gasteiger charge is 2.15. The van der Waals surface area contributed by atoms with Gasteiger partial charge < -0.3 is 18.9 Å². The summed E-state index contributed by atoms with van der Waals surface area (Å²) in [5.74, 6) is 0.264. The number of hydrogen-bond acceptors (Lipinski definition) is 7. The molecule has 0 saturated heterocycles. The van der Waals surface area contributed by atoms with Crippen LogP contribution in [-0.2, 0) is 23.8 Å². The van der Waals surface area contributed by atoms with Crippen LogP contribution in [0, 0.1) is 0 Å². The summed E-state index contributed by atoms with van der Waals surface area (Å²) in [7, 11) is 0. The topological polar surface area (TPSA) is 88.1 Å². The predicted octanol–water partition coefficient (Wildman–Crippen LogP) is 5.55. The van der Waals surface area contributed by atoms with Crippen molar-refractivity contribution in [3.8, 4) is 5.75 Å². The second-order valence-corrected chi connectivity index (χ2v) is 7.77. The molecule has 1 aliphatic carbocycles. The summed E-state index contributed by atoms with van der Waals surface area (Å²) in [6, 6.07) is 16.1. The molecule has 0 bridgehead atoms. The number of unbranched alkanes of at least 4 members (excludes halogenated alkanes) is 1. The summed E-state index contributed by atoms with van der Waals surface area (Å²) in [4.78, 5) is 35.4. The molecule has 2 aromatic carbocycles. The normalized spacial score (nSPS) is 12.8. The van der Waals surface area contributed by atoms with Gasteiger partial charge in [0.25, 0.3) is 0 Å². The Balaban J connectivity index is 1.40. The van der Waals surface area contributed by atoms with Crippen LogP contribution in [-0.4, -0.2) is 31.1 Å². The monoisotopic (exact) mass is 488 g/mol. The van der Waals surface area contributed by atoms with E-state index in [0.29, 0.717) is 55.3 Å². The van der Waals surface area contributed by atoms with E-state index in [0.717, 1.165) is 18.1 Å². The molecule has 0 heterocycles. The fourth-order valence-electron chi connectivity index (χ4n) is 3.15. The third-order valence-corrected chi connectivity index (χ3v) is 5.05. The molecule has 2 aromatic rings. The van der Waals surface area contributed by atoms with Gasteiger partial charge in [-0.1, -0.05) is 36.9 Å². The first-order valence-corrected chi connectivity index (χ1v) is 11.6. The van der Waals surface area contributed by atoms with Crippen molar-refractivity contribution in [3.05, 3.63) is 108 Å². The van der Waals surface area contributed by atoms with Crippen LogP contribution < -0.4 is 4.74 Å². The standard InChI is InChI=1S/C29H28O7/c1-2-27(30)34-21-7-6-20-33-24-13-11-23(12-14-24)29(32)36-26-17-15-25(16-18-26)35-28(31)19-10-22-8-4-3-5-9-22/h2-5,8-15,17,19H,1,6-7,16,18,20-21H2/b19-10+. The Morgan fingerprint density at radius 3 is 2.14 bits per heavy atom. The van der Waals surface area contributed by atoms with Crippen molar-refractivity contribution in [1.82, 2.24) is 0 Å². The molecule has 0 spiro atoms. The zero-order valence-electron chi connectivity index (χ0n) is 19.9. The lowest BCUT2D eigenvalue weighted by Crippen LogP contribution is -2.09. The summed E-state index contributed by atoms with van der Waals surface area (Å²) < 4.78 is 21.3. The molecular weight excluding hydrogens is 460 g/mol. The Bertz CT molecular complexity index is 1140. The van der Waals surface area contributed by atoms with E-state index in [1.807, 2.05) is 30.3 Å². The molecule has 186 valence electrons. The molecule has 36 heavy (non-hydrogen) atoms. The van der Waals surface area contributed by atoms with Crippen LogP contribution >= 0.6 is 0 Å². The van der Waals surface area contributed by atoms with Crippen molar-refractivity contribution >= 4 is 24.0 Å². The van der Waals surface area contributed by atoms with Gasteiger partial charge in [-0.25, -0.2) is 14.4 Å². The Hall–Kier alpha value is -4.39. The lowest BCUT2D eigenvalue weighted by atomic mass is 10.1. The van der Waals surface area contributed by atoms with Gasteiger partial charge in [-0.15, -0.1) is 0 Å². The summed E-state index contributed by atoms with van der Waals surface area (Å²) in [6.07, 6.45) is 9.75. The third-order valence-electron chi connectivity index (χ3n) is 5.05. The zero-order valence-corrected chi connectivity index (χ0v) is 19.9. The lowest BCUT2D eigenvalue weighted by Gasteiger charge is -2.14. The minimum absolute atomic E-state index is 0.319. The molecule has 7 heteroatoms. The minimum Gasteiger partial charge on any atom is -0.494 e. The first kappa shape index (κ1) is 26.2. The molecule has 0 aliphatic heterocycles. The van der Waals surface area contributed by atoms with Gasteiger partial charge in [-0.05, 0) is 60.9 Å². The van der Waals surface area contributed by atoms with Crippen molar-refractivity contribution in [2.45, 2.75) is 25.7 Å². The smallest absolute Gasteiger partial charge is 0.343 e. The van der Waals surface area contributed by atoms with E-state index in [1.165, 1.54) is 6.08 Å². The number of esters is 3. The van der Waals surface area contributed by atoms with Crippen LogP contribution in [0.1, 0.15) is 41.6 Å². The van der Waals surface area contributed by atoms with Crippen LogP contribution in [0.25, 0.3) is 6.08 Å². The quantitative estimate of drug-likeness (QED) is 0.167. The van der Waals surface area contributed by atoms with Gasteiger partial charge in [-0.3, -0.25) is 0 Å². The maximum absolute atomic E-state index is 12.4. The van der Waals surface area contributed by atoms with E-state index in [1.54, 1.807) is 42.5 Å². The van der Waals surface area contributed by atoms with Crippen LogP contribution in [0.2, 0.25) is 0 Å². The number of rotatable bonds is 12. The summed E-state index contributed by atoms with van der Waals surface area (Å²) in [5.41, 5.74) is 1.30. The highest BCUT2D eigenvalue weighted by Crippen LogP contribution is 2.22. The van der Waals surface area contributed by atoms with Gasteiger partial charge in [0.05, 0.1) is 18.8 Å². The Kier molecular flexibility index (Phi) is 10.3. The van der Waals surface area contributed by atoms with Gasteiger partial charge >= 0.3 is 17.9 Å². The van der Waals surface area contributed by atoms with Crippen LogP contribution in [0.3, 0.4) is 0 Å². The number of allylic oxidation sites excluding steroid dienone is 4. The fourth-order valence-corrected chi connectivity index (χ4v) is 3.15. The Morgan fingerprint density at radius 1 is 0.806 bits per heavy atom. The van der Waals surface area contributed by atoms with Gasteiger partial charge in [-0.2, -0.15) is 0 Å². The Labute approximate surface area is 210 Å². The number of benzene rings is 2. The van der Waals surface area contributed by atoms with Crippen molar-refractivity contribution in [2.24, 2.45) is 0 Å². The first-order valence-electron chi connectivity index (χ1n) is 11.6. The van der Waals surface area contributed by atoms with Crippen molar-refractivity contribution in [2.75, 3.05) is 13.2 Å². The van der Waals surface area contributed by atoms with E-state index >= 15 is 0 Å². The van der Waals surface area contributed by atoms with E-state index < -0.39 is 17.9 Å². The van der Waals surface area contributed by atoms with Gasteiger partial charge in [0, 0.05) is 25.0 Å². The van der Waals surface area contributed by atoms with Crippen LogP contribution in [0.15, 0.2) is 97.0 Å². The maximum Gasteiger partial charge on any atom is 0.343 e. The molecule has 0 atom stereocenters. The molecule has 0 amide bonds. The number of ether oxygens (including phenoxy) is 4. The molecule has 3 rings (SSSR count). The number of hydrogen-bond donors (Lipinski definition) is 0. The van der Waals surface area contributed by atoms with E-state index in [9.17, 15) is 14.4 Å². The fraction of sp³-hybridized carbons (Fsp3) is 0.207. The highest BCUT2D eigenvalue weighted by molar-refractivity contribution is 5.90. The van der Waals surface area contributed by atoms with Gasteiger partial charge in [0.1, 0.15) is 17.3 Å². The van der Waals surface area contributed by atoms with Crippen LogP contribution in [0.4, 0.5) is 0 Å². The summed E-state index contributed by atoms with van der Waals surface area (Å²) >= 11 is 0. The van der Waals surface area contributed by atoms with Gasteiger partial charge in [0.15, 0.2) is 0 Å². The zero-order chi connectivity index (χ0) is 25.6. The number of carbonyl (C=O) groups excluding carboxylic acids is 3. The SMILES string of the molecule is C=CC(=O)OCCCCOc1ccc(C(=O)OC2=CC=C(OC(=O)/C=C/c3ccccc3)CC2)cc1. The first-order chi connectivity index (χ1) is 17.5. The molecule has 0 fully saturated rings. The predicted molar refractivity (Wildman–Crippen MR) is 135 cm³/mol. The Morgan fingerprint density at radius 2 is 1.47 bits per heavy atom. The second-order valence-electron chi connectivity index (χ2n) is 7.77. The average molecular weight is 489 g/mol. The largest absolute Gasteiger partial charge is 0.494 e. The van der Waals surface area contributed by atoms with Gasteiger partial charge in [0.2, 0.25) is 0 Å². The van der Waals surface area contributed by atoms with E-state index in [2.05, 4.69) is 6.58 Å². The molecule has 0 saturated carbocycles. The molecule has 7 nitrogen and oxygen atoms in total. The molecule has 0 radical (unpaired) electrons. The molecule has 0 aromatic heterocycles. The average Bonchev–Trinajstić information content (AvgIpc) is 2.91. The van der Waals surface area contributed by atoms with Crippen LogP contribution in [0.5, 0.6) is 5.75 Å². The molecule has 0 N–H and O–H groups in total. The van der Waals surface area contributed by atoms with E-state index in [-0.39, 0.29) is 0 Å². The lowest BCUT2D eigenvalue weighted by molar-refractivity contribution is -0.138. The number of carbonyl (C=O) groups is 3. The van der Waals surface area contributed by atoms with Crippen molar-refractivity contribution < 1.29 is 33.3 Å². The molecule has 0 unspecified atom stereocenters. The molecular formula is C29H28O7. The maximum atomic E-state index is 12.4. The summed E-state index contributed by atoms with van der Waals surface area (Å²) in [6.45, 7) is 4.12. The minimum atomic E-state index is -0.475. The van der Waals surface area contributed by atoms with Crippen molar-refractivity contribution in [3.63, 3.8) is 0 Å². The summed E-state index contributed by atoms with van der Waals surface area (Å²) in [5, 5.41) is 0. The van der Waals surface area contributed by atoms with Crippen molar-refractivity contribution in [1.29, 1.82) is 0 Å². The molecule has 1 aliphatic rings. The highest BCUT2D eigenvalue weighted by atomic mass is 16.5.